The zero-order valence-electron chi connectivity index (χ0n) is 12.5. The van der Waals surface area contributed by atoms with Crippen molar-refractivity contribution in [2.45, 2.75) is 26.1 Å². The molecule has 1 aromatic rings. The van der Waals surface area contributed by atoms with Crippen LogP contribution in [0.2, 0.25) is 5.02 Å². The number of carbonyl (C=O) groups excluding carboxylic acids is 1. The van der Waals surface area contributed by atoms with Crippen molar-refractivity contribution in [1.82, 2.24) is 4.90 Å². The van der Waals surface area contributed by atoms with Crippen molar-refractivity contribution in [2.24, 2.45) is 0 Å². The number of nitrogens with one attached hydrogen (secondary N) is 1. The third kappa shape index (κ3) is 5.47. The van der Waals surface area contributed by atoms with Crippen molar-refractivity contribution in [1.29, 1.82) is 0 Å². The number of benzene rings is 1. The van der Waals surface area contributed by atoms with Gasteiger partial charge >= 0.3 is 6.18 Å². The van der Waals surface area contributed by atoms with Gasteiger partial charge in [-0.3, -0.25) is 9.69 Å². The van der Waals surface area contributed by atoms with Crippen molar-refractivity contribution in [3.05, 3.63) is 28.3 Å². The third-order valence-electron chi connectivity index (χ3n) is 2.97. The summed E-state index contributed by atoms with van der Waals surface area (Å²) in [6, 6.07) is 3.51. The highest BCUT2D eigenvalue weighted by molar-refractivity contribution is 6.34. The Morgan fingerprint density at radius 3 is 2.50 bits per heavy atom. The summed E-state index contributed by atoms with van der Waals surface area (Å²) >= 11 is 6.04. The molecule has 8 heteroatoms. The molecule has 0 heterocycles. The molecule has 0 spiro atoms. The van der Waals surface area contributed by atoms with Crippen LogP contribution in [0.4, 0.5) is 18.9 Å². The fourth-order valence-electron chi connectivity index (χ4n) is 1.96. The van der Waals surface area contributed by atoms with Crippen LogP contribution >= 0.6 is 11.6 Å². The maximum atomic E-state index is 12.2. The molecule has 1 unspecified atom stereocenters. The van der Waals surface area contributed by atoms with Crippen molar-refractivity contribution in [3.63, 3.8) is 0 Å². The van der Waals surface area contributed by atoms with Gasteiger partial charge in [-0.05, 0) is 38.1 Å². The molecule has 1 rings (SSSR count). The van der Waals surface area contributed by atoms with E-state index in [9.17, 15) is 18.0 Å². The fourth-order valence-corrected chi connectivity index (χ4v) is 2.33. The van der Waals surface area contributed by atoms with Crippen molar-refractivity contribution in [2.75, 3.05) is 25.5 Å². The van der Waals surface area contributed by atoms with E-state index in [0.29, 0.717) is 10.7 Å². The predicted octanol–water partition coefficient (Wildman–Crippen LogP) is 2.75. The van der Waals surface area contributed by atoms with E-state index in [1.807, 2.05) is 13.0 Å². The number of alkyl halides is 3. The second-order valence-corrected chi connectivity index (χ2v) is 5.65. The van der Waals surface area contributed by atoms with E-state index in [4.69, 9.17) is 16.7 Å². The summed E-state index contributed by atoms with van der Waals surface area (Å²) in [4.78, 5) is 13.0. The molecule has 0 aliphatic rings. The quantitative estimate of drug-likeness (QED) is 0.868. The molecule has 2 N–H and O–H groups in total. The molecule has 0 radical (unpaired) electrons. The van der Waals surface area contributed by atoms with E-state index in [-0.39, 0.29) is 6.54 Å². The molecule has 0 bridgehead atoms. The van der Waals surface area contributed by atoms with E-state index in [1.54, 1.807) is 13.0 Å². The van der Waals surface area contributed by atoms with Crippen LogP contribution in [0, 0.1) is 13.8 Å². The molecule has 1 aromatic carbocycles. The first-order valence-corrected chi connectivity index (χ1v) is 6.88. The minimum atomic E-state index is -4.71. The van der Waals surface area contributed by atoms with Crippen molar-refractivity contribution < 1.29 is 23.1 Å². The SMILES string of the molecule is Cc1cc(C)c(NC(=O)CN(C)CC(O)C(F)(F)F)c(Cl)c1. The number of nitrogens with zero attached hydrogens (tertiary/aromatic N) is 1. The summed E-state index contributed by atoms with van der Waals surface area (Å²) in [5, 5.41) is 11.9. The lowest BCUT2D eigenvalue weighted by Gasteiger charge is -2.22. The maximum absolute atomic E-state index is 12.2. The molecular weight excluding hydrogens is 321 g/mol. The van der Waals surface area contributed by atoms with Crippen LogP contribution in [0.1, 0.15) is 11.1 Å². The predicted molar refractivity (Wildman–Crippen MR) is 79.1 cm³/mol. The summed E-state index contributed by atoms with van der Waals surface area (Å²) < 4.78 is 36.7. The largest absolute Gasteiger partial charge is 0.415 e. The van der Waals surface area contributed by atoms with Gasteiger partial charge < -0.3 is 10.4 Å². The smallest absolute Gasteiger partial charge is 0.382 e. The molecule has 22 heavy (non-hydrogen) atoms. The van der Waals surface area contributed by atoms with Crippen LogP contribution in [0.5, 0.6) is 0 Å². The molecule has 1 atom stereocenters. The fraction of sp³-hybridized carbons (Fsp3) is 0.500. The Hall–Kier alpha value is -1.31. The van der Waals surface area contributed by atoms with Crippen LogP contribution in [-0.4, -0.2) is 48.3 Å². The summed E-state index contributed by atoms with van der Waals surface area (Å²) in [7, 11) is 1.32. The Morgan fingerprint density at radius 2 is 2.00 bits per heavy atom. The first-order chi connectivity index (χ1) is 10.0. The van der Waals surface area contributed by atoms with Gasteiger partial charge in [-0.1, -0.05) is 17.7 Å². The van der Waals surface area contributed by atoms with Gasteiger partial charge in [-0.15, -0.1) is 0 Å². The molecular formula is C14H18ClF3N2O2. The monoisotopic (exact) mass is 338 g/mol. The normalized spacial score (nSPS) is 13.3. The maximum Gasteiger partial charge on any atom is 0.415 e. The van der Waals surface area contributed by atoms with Crippen LogP contribution in [0.25, 0.3) is 0 Å². The molecule has 0 saturated heterocycles. The lowest BCUT2D eigenvalue weighted by atomic mass is 10.1. The molecule has 4 nitrogen and oxygen atoms in total. The van der Waals surface area contributed by atoms with E-state index in [2.05, 4.69) is 5.32 Å². The molecule has 0 fully saturated rings. The molecule has 0 aliphatic carbocycles. The number of hydrogen-bond acceptors (Lipinski definition) is 3. The van der Waals surface area contributed by atoms with Crippen LogP contribution in [-0.2, 0) is 4.79 Å². The number of likely N-dealkylation sites (N-methyl/N-ethyl adjacent to an activating group) is 1. The molecule has 0 aromatic heterocycles. The van der Waals surface area contributed by atoms with Gasteiger partial charge in [0.1, 0.15) is 0 Å². The summed E-state index contributed by atoms with van der Waals surface area (Å²) in [6.45, 7) is 2.65. The molecule has 124 valence electrons. The van der Waals surface area contributed by atoms with Crippen LogP contribution in [0.3, 0.4) is 0 Å². The molecule has 0 saturated carbocycles. The summed E-state index contributed by atoms with van der Waals surface area (Å²) in [5.74, 6) is -0.509. The molecule has 0 aliphatic heterocycles. The standard InChI is InChI=1S/C14H18ClF3N2O2/c1-8-4-9(2)13(10(15)5-8)19-12(22)7-20(3)6-11(21)14(16,17)18/h4-5,11,21H,6-7H2,1-3H3,(H,19,22). The van der Waals surface area contributed by atoms with Gasteiger partial charge in [-0.25, -0.2) is 0 Å². The second-order valence-electron chi connectivity index (χ2n) is 5.24. The topological polar surface area (TPSA) is 52.6 Å². The minimum Gasteiger partial charge on any atom is -0.382 e. The van der Waals surface area contributed by atoms with Gasteiger partial charge in [0.15, 0.2) is 6.10 Å². The van der Waals surface area contributed by atoms with Gasteiger partial charge in [0.05, 0.1) is 17.3 Å². The van der Waals surface area contributed by atoms with Crippen molar-refractivity contribution in [3.8, 4) is 0 Å². The molecule has 1 amide bonds. The minimum absolute atomic E-state index is 0.295. The Balaban J connectivity index is 2.64. The number of rotatable bonds is 5. The highest BCUT2D eigenvalue weighted by Crippen LogP contribution is 2.27. The average Bonchev–Trinajstić information content (AvgIpc) is 2.32. The number of halogens is 4. The number of aryl methyl sites for hydroxylation is 2. The van der Waals surface area contributed by atoms with Gasteiger partial charge in [0.2, 0.25) is 5.91 Å². The van der Waals surface area contributed by atoms with Gasteiger partial charge in [0, 0.05) is 6.54 Å². The Kier molecular flexibility index (Phi) is 6.22. The average molecular weight is 339 g/mol. The number of aliphatic hydroxyl groups is 1. The zero-order chi connectivity index (χ0) is 17.1. The first-order valence-electron chi connectivity index (χ1n) is 6.50. The number of amides is 1. The van der Waals surface area contributed by atoms with Crippen LogP contribution < -0.4 is 5.32 Å². The highest BCUT2D eigenvalue weighted by atomic mass is 35.5. The lowest BCUT2D eigenvalue weighted by Crippen LogP contribution is -2.42. The lowest BCUT2D eigenvalue weighted by molar-refractivity contribution is -0.207. The van der Waals surface area contributed by atoms with Crippen molar-refractivity contribution >= 4 is 23.2 Å². The second kappa shape index (κ2) is 7.30. The first kappa shape index (κ1) is 18.7. The number of carbonyl (C=O) groups is 1. The highest BCUT2D eigenvalue weighted by Gasteiger charge is 2.38. The number of hydrogen-bond donors (Lipinski definition) is 2. The summed E-state index contributed by atoms with van der Waals surface area (Å²) in [6.07, 6.45) is -7.20. The zero-order valence-corrected chi connectivity index (χ0v) is 13.2. The summed E-state index contributed by atoms with van der Waals surface area (Å²) in [5.41, 5.74) is 2.13. The Morgan fingerprint density at radius 1 is 1.41 bits per heavy atom. The number of aliphatic hydroxyl groups excluding tert-OH is 1. The van der Waals surface area contributed by atoms with E-state index in [1.165, 1.54) is 7.05 Å². The number of anilines is 1. The van der Waals surface area contributed by atoms with E-state index < -0.39 is 24.7 Å². The van der Waals surface area contributed by atoms with E-state index in [0.717, 1.165) is 16.0 Å². The van der Waals surface area contributed by atoms with Gasteiger partial charge in [-0.2, -0.15) is 13.2 Å². The van der Waals surface area contributed by atoms with Crippen LogP contribution in [0.15, 0.2) is 12.1 Å². The Labute approximate surface area is 131 Å². The Bertz CT molecular complexity index is 526. The third-order valence-corrected chi connectivity index (χ3v) is 3.27. The van der Waals surface area contributed by atoms with Gasteiger partial charge in [0.25, 0.3) is 0 Å². The van der Waals surface area contributed by atoms with E-state index >= 15 is 0 Å².